The zero-order valence-electron chi connectivity index (χ0n) is 27.4. The molecule has 1 atom stereocenters. The number of rotatable bonds is 12. The van der Waals surface area contributed by atoms with Crippen LogP contribution in [0.3, 0.4) is 0 Å². The summed E-state index contributed by atoms with van der Waals surface area (Å²) in [6.07, 6.45) is 0.230. The molecule has 0 saturated heterocycles. The molecule has 4 rings (SSSR count). The van der Waals surface area contributed by atoms with E-state index in [9.17, 15) is 18.0 Å². The average molecular weight is 642 g/mol. The first kappa shape index (κ1) is 34.2. The Hall–Kier alpha value is -4.63. The third-order valence-corrected chi connectivity index (χ3v) is 9.15. The number of hydrogen-bond acceptors (Lipinski definition) is 5. The van der Waals surface area contributed by atoms with Crippen molar-refractivity contribution in [2.24, 2.45) is 0 Å². The van der Waals surface area contributed by atoms with Crippen molar-refractivity contribution in [3.63, 3.8) is 0 Å². The molecule has 2 amide bonds. The van der Waals surface area contributed by atoms with Crippen molar-refractivity contribution in [1.82, 2.24) is 10.2 Å². The smallest absolute Gasteiger partial charge is 0.264 e. The summed E-state index contributed by atoms with van der Waals surface area (Å²) in [7, 11) is -2.61. The third-order valence-electron chi connectivity index (χ3n) is 7.36. The molecule has 0 radical (unpaired) electrons. The van der Waals surface area contributed by atoms with Gasteiger partial charge >= 0.3 is 0 Å². The van der Waals surface area contributed by atoms with Crippen LogP contribution in [0.1, 0.15) is 43.0 Å². The number of benzene rings is 4. The van der Waals surface area contributed by atoms with Crippen LogP contribution in [0.15, 0.2) is 108 Å². The zero-order valence-corrected chi connectivity index (χ0v) is 28.2. The predicted molar refractivity (Wildman–Crippen MR) is 182 cm³/mol. The molecule has 8 nitrogen and oxygen atoms in total. The first-order valence-electron chi connectivity index (χ1n) is 15.2. The van der Waals surface area contributed by atoms with E-state index in [1.165, 1.54) is 17.0 Å². The van der Waals surface area contributed by atoms with Crippen LogP contribution in [0.4, 0.5) is 5.69 Å². The maximum atomic E-state index is 14.6. The van der Waals surface area contributed by atoms with E-state index in [0.29, 0.717) is 11.4 Å². The summed E-state index contributed by atoms with van der Waals surface area (Å²) >= 11 is 0. The van der Waals surface area contributed by atoms with Crippen LogP contribution >= 0.6 is 0 Å². The lowest BCUT2D eigenvalue weighted by atomic mass is 10.0. The van der Waals surface area contributed by atoms with E-state index in [4.69, 9.17) is 4.74 Å². The number of nitrogens with zero attached hydrogens (tertiary/aromatic N) is 2. The Morgan fingerprint density at radius 1 is 0.804 bits per heavy atom. The minimum Gasteiger partial charge on any atom is -0.497 e. The van der Waals surface area contributed by atoms with Gasteiger partial charge in [0.15, 0.2) is 0 Å². The molecule has 4 aromatic rings. The highest BCUT2D eigenvalue weighted by Gasteiger charge is 2.35. The predicted octanol–water partition coefficient (Wildman–Crippen LogP) is 6.06. The van der Waals surface area contributed by atoms with E-state index >= 15 is 0 Å². The molecule has 0 bridgehead atoms. The molecule has 0 aromatic heterocycles. The van der Waals surface area contributed by atoms with Gasteiger partial charge in [-0.1, -0.05) is 66.7 Å². The lowest BCUT2D eigenvalue weighted by Crippen LogP contribution is -2.56. The van der Waals surface area contributed by atoms with E-state index in [-0.39, 0.29) is 23.8 Å². The lowest BCUT2D eigenvalue weighted by molar-refractivity contribution is -0.140. The monoisotopic (exact) mass is 641 g/mol. The van der Waals surface area contributed by atoms with Crippen molar-refractivity contribution in [2.75, 3.05) is 18.0 Å². The van der Waals surface area contributed by atoms with Gasteiger partial charge in [-0.3, -0.25) is 13.9 Å². The summed E-state index contributed by atoms with van der Waals surface area (Å²) in [4.78, 5) is 30.2. The summed E-state index contributed by atoms with van der Waals surface area (Å²) in [5, 5.41) is 3.05. The molecular formula is C37H43N3O5S. The van der Waals surface area contributed by atoms with Gasteiger partial charge in [-0.25, -0.2) is 8.42 Å². The topological polar surface area (TPSA) is 96.0 Å². The van der Waals surface area contributed by atoms with E-state index in [0.717, 1.165) is 26.6 Å². The second-order valence-corrected chi connectivity index (χ2v) is 14.4. The maximum absolute atomic E-state index is 14.6. The average Bonchev–Trinajstić information content (AvgIpc) is 3.01. The Bertz CT molecular complexity index is 1730. The van der Waals surface area contributed by atoms with Crippen molar-refractivity contribution >= 4 is 27.5 Å². The second-order valence-electron chi connectivity index (χ2n) is 12.5. The summed E-state index contributed by atoms with van der Waals surface area (Å²) < 4.78 is 35.0. The van der Waals surface area contributed by atoms with Crippen molar-refractivity contribution in [3.8, 4) is 5.75 Å². The normalized spacial score (nSPS) is 12.2. The molecule has 0 fully saturated rings. The Kier molecular flexibility index (Phi) is 10.9. The number of nitrogens with one attached hydrogen (secondary N) is 1. The first-order valence-corrected chi connectivity index (χ1v) is 16.7. The van der Waals surface area contributed by atoms with E-state index < -0.39 is 34.1 Å². The number of carbonyl (C=O) groups is 2. The molecule has 0 aliphatic rings. The Labute approximate surface area is 273 Å². The molecule has 0 heterocycles. The fourth-order valence-corrected chi connectivity index (χ4v) is 6.74. The highest BCUT2D eigenvalue weighted by atomic mass is 32.2. The Morgan fingerprint density at radius 2 is 1.39 bits per heavy atom. The Balaban J connectivity index is 1.84. The van der Waals surface area contributed by atoms with Gasteiger partial charge in [-0.15, -0.1) is 0 Å². The van der Waals surface area contributed by atoms with Crippen molar-refractivity contribution < 1.29 is 22.7 Å². The van der Waals surface area contributed by atoms with Crippen LogP contribution in [0.5, 0.6) is 5.75 Å². The highest BCUT2D eigenvalue weighted by Crippen LogP contribution is 2.27. The maximum Gasteiger partial charge on any atom is 0.264 e. The highest BCUT2D eigenvalue weighted by molar-refractivity contribution is 7.92. The van der Waals surface area contributed by atoms with Crippen LogP contribution in [0.2, 0.25) is 0 Å². The molecule has 1 unspecified atom stereocenters. The van der Waals surface area contributed by atoms with Gasteiger partial charge in [0.25, 0.3) is 10.0 Å². The van der Waals surface area contributed by atoms with Gasteiger partial charge in [0.05, 0.1) is 17.7 Å². The lowest BCUT2D eigenvalue weighted by Gasteiger charge is -2.35. The molecule has 0 aliphatic heterocycles. The number of hydrogen-bond donors (Lipinski definition) is 1. The fourth-order valence-electron chi connectivity index (χ4n) is 5.32. The van der Waals surface area contributed by atoms with Gasteiger partial charge in [0, 0.05) is 18.5 Å². The van der Waals surface area contributed by atoms with Crippen LogP contribution in [-0.4, -0.2) is 50.4 Å². The van der Waals surface area contributed by atoms with Crippen LogP contribution in [-0.2, 0) is 32.6 Å². The molecular weight excluding hydrogens is 598 g/mol. The van der Waals surface area contributed by atoms with Gasteiger partial charge in [0.1, 0.15) is 18.3 Å². The number of aryl methyl sites for hydroxylation is 2. The van der Waals surface area contributed by atoms with Crippen molar-refractivity contribution in [2.45, 2.75) is 64.1 Å². The zero-order chi connectivity index (χ0) is 33.5. The quantitative estimate of drug-likeness (QED) is 0.203. The third kappa shape index (κ3) is 8.97. The van der Waals surface area contributed by atoms with E-state index in [1.54, 1.807) is 43.5 Å². The molecule has 1 N–H and O–H groups in total. The molecule has 242 valence electrons. The number of amides is 2. The number of methoxy groups -OCH3 is 1. The summed E-state index contributed by atoms with van der Waals surface area (Å²) in [5.41, 5.74) is 3.11. The largest absolute Gasteiger partial charge is 0.497 e. The molecule has 0 saturated carbocycles. The summed E-state index contributed by atoms with van der Waals surface area (Å²) in [6.45, 7) is 8.95. The van der Waals surface area contributed by atoms with Crippen LogP contribution < -0.4 is 14.4 Å². The van der Waals surface area contributed by atoms with Crippen LogP contribution in [0, 0.1) is 13.8 Å². The molecule has 4 aromatic carbocycles. The second kappa shape index (κ2) is 14.6. The summed E-state index contributed by atoms with van der Waals surface area (Å²) in [6, 6.07) is 29.3. The van der Waals surface area contributed by atoms with Gasteiger partial charge in [-0.2, -0.15) is 0 Å². The molecule has 0 aliphatic carbocycles. The Morgan fingerprint density at radius 3 is 1.98 bits per heavy atom. The van der Waals surface area contributed by atoms with Crippen molar-refractivity contribution in [1.29, 1.82) is 0 Å². The number of carbonyl (C=O) groups excluding carboxylic acids is 2. The van der Waals surface area contributed by atoms with Crippen molar-refractivity contribution in [3.05, 3.63) is 125 Å². The number of anilines is 1. The minimum atomic E-state index is -4.17. The van der Waals surface area contributed by atoms with Crippen LogP contribution in [0.25, 0.3) is 0 Å². The van der Waals surface area contributed by atoms with E-state index in [1.807, 2.05) is 89.2 Å². The SMILES string of the molecule is COc1cccc(CN(C(=O)CN(c2cc(C)cc(C)c2)S(=O)(=O)c2ccccc2)C(Cc2ccccc2)C(=O)NC(C)(C)C)c1. The van der Waals surface area contributed by atoms with Gasteiger partial charge in [0.2, 0.25) is 11.8 Å². The van der Waals surface area contributed by atoms with Gasteiger partial charge < -0.3 is 15.0 Å². The standard InChI is InChI=1S/C37H43N3O5S/c1-27-20-28(2)22-31(21-27)40(46(43,44)33-18-11-8-12-19-33)26-35(41)39(25-30-16-13-17-32(23-30)45-6)34(36(42)38-37(3,4)5)24-29-14-9-7-10-15-29/h7-23,34H,24-26H2,1-6H3,(H,38,42). The fraction of sp³-hybridized carbons (Fsp3) is 0.297. The molecule has 0 spiro atoms. The number of sulfonamides is 1. The molecule has 9 heteroatoms. The van der Waals surface area contributed by atoms with Gasteiger partial charge in [-0.05, 0) is 93.3 Å². The molecule has 46 heavy (non-hydrogen) atoms. The van der Waals surface area contributed by atoms with E-state index in [2.05, 4.69) is 5.32 Å². The minimum absolute atomic E-state index is 0.0527. The first-order chi connectivity index (χ1) is 21.8. The number of ether oxygens (including phenoxy) is 1. The summed E-state index contributed by atoms with van der Waals surface area (Å²) in [5.74, 6) is -0.255.